The van der Waals surface area contributed by atoms with Gasteiger partial charge in [-0.25, -0.2) is 4.79 Å². The quantitative estimate of drug-likeness (QED) is 0.619. The third kappa shape index (κ3) is 4.52. The number of benzene rings is 2. The van der Waals surface area contributed by atoms with Crippen molar-refractivity contribution in [2.45, 2.75) is 17.9 Å². The van der Waals surface area contributed by atoms with Crippen LogP contribution in [0, 0.1) is 0 Å². The number of para-hydroxylation sites is 1. The van der Waals surface area contributed by atoms with Crippen molar-refractivity contribution in [1.29, 1.82) is 0 Å². The van der Waals surface area contributed by atoms with E-state index in [0.717, 1.165) is 16.3 Å². The summed E-state index contributed by atoms with van der Waals surface area (Å²) in [4.78, 5) is 24.8. The number of esters is 1. The van der Waals surface area contributed by atoms with Gasteiger partial charge >= 0.3 is 5.97 Å². The summed E-state index contributed by atoms with van der Waals surface area (Å²) in [5, 5.41) is 6.04. The number of hydrogen-bond acceptors (Lipinski definition) is 5. The summed E-state index contributed by atoms with van der Waals surface area (Å²) in [6.07, 6.45) is 1.97. The van der Waals surface area contributed by atoms with Gasteiger partial charge in [-0.2, -0.15) is 0 Å². The molecule has 0 fully saturated rings. The maximum absolute atomic E-state index is 12.3. The van der Waals surface area contributed by atoms with Crippen LogP contribution in [0.15, 0.2) is 53.4 Å². The molecule has 5 nitrogen and oxygen atoms in total. The monoisotopic (exact) mass is 344 g/mol. The van der Waals surface area contributed by atoms with Crippen molar-refractivity contribution in [2.75, 3.05) is 24.0 Å². The van der Waals surface area contributed by atoms with Gasteiger partial charge < -0.3 is 15.4 Å². The molecular weight excluding hydrogens is 324 g/mol. The molecule has 6 heteroatoms. The zero-order valence-electron chi connectivity index (χ0n) is 13.8. The lowest BCUT2D eigenvalue weighted by Crippen LogP contribution is -2.32. The lowest BCUT2D eigenvalue weighted by Gasteiger charge is -2.16. The first-order valence-electron chi connectivity index (χ1n) is 7.44. The average Bonchev–Trinajstić information content (AvgIpc) is 2.62. The molecule has 1 atom stereocenters. The predicted octanol–water partition coefficient (Wildman–Crippen LogP) is 3.63. The van der Waals surface area contributed by atoms with Gasteiger partial charge in [0.25, 0.3) is 0 Å². The van der Waals surface area contributed by atoms with Crippen molar-refractivity contribution in [2.24, 2.45) is 0 Å². The number of thioether (sulfide) groups is 1. The van der Waals surface area contributed by atoms with E-state index in [2.05, 4.69) is 15.4 Å². The van der Waals surface area contributed by atoms with E-state index in [1.165, 1.54) is 7.11 Å². The molecule has 0 saturated carbocycles. The molecule has 2 aromatic rings. The Morgan fingerprint density at radius 2 is 1.75 bits per heavy atom. The van der Waals surface area contributed by atoms with Crippen LogP contribution in [-0.4, -0.2) is 31.3 Å². The van der Waals surface area contributed by atoms with Crippen LogP contribution in [0.3, 0.4) is 0 Å². The largest absolute Gasteiger partial charge is 0.465 e. The third-order valence-corrected chi connectivity index (χ3v) is 4.24. The van der Waals surface area contributed by atoms with Crippen molar-refractivity contribution < 1.29 is 14.3 Å². The molecule has 0 radical (unpaired) electrons. The molecular formula is C18H20N2O3S. The molecule has 0 aliphatic rings. The molecule has 2 aromatic carbocycles. The Morgan fingerprint density at radius 1 is 1.08 bits per heavy atom. The summed E-state index contributed by atoms with van der Waals surface area (Å²) >= 11 is 1.58. The van der Waals surface area contributed by atoms with Gasteiger partial charge in [-0.3, -0.25) is 4.79 Å². The fourth-order valence-electron chi connectivity index (χ4n) is 2.12. The van der Waals surface area contributed by atoms with Crippen molar-refractivity contribution in [3.63, 3.8) is 0 Å². The fourth-order valence-corrected chi connectivity index (χ4v) is 2.68. The van der Waals surface area contributed by atoms with E-state index >= 15 is 0 Å². The summed E-state index contributed by atoms with van der Waals surface area (Å²) < 4.78 is 4.66. The molecule has 0 aliphatic heterocycles. The Bertz CT molecular complexity index is 716. The SMILES string of the molecule is COC(=O)c1ccc(N[C@@H](C)C(=O)Nc2ccccc2SC)cc1. The van der Waals surface area contributed by atoms with Gasteiger partial charge in [0.05, 0.1) is 18.4 Å². The first kappa shape index (κ1) is 17.9. The van der Waals surface area contributed by atoms with E-state index in [4.69, 9.17) is 0 Å². The minimum atomic E-state index is -0.427. The Labute approximate surface area is 145 Å². The fraction of sp³-hybridized carbons (Fsp3) is 0.222. The number of hydrogen-bond donors (Lipinski definition) is 2. The summed E-state index contributed by atoms with van der Waals surface area (Å²) in [5.41, 5.74) is 2.02. The van der Waals surface area contributed by atoms with Gasteiger partial charge in [-0.1, -0.05) is 12.1 Å². The number of rotatable bonds is 6. The summed E-state index contributed by atoms with van der Waals surface area (Å²) in [6.45, 7) is 1.78. The van der Waals surface area contributed by atoms with E-state index in [-0.39, 0.29) is 11.9 Å². The van der Waals surface area contributed by atoms with Crippen LogP contribution in [-0.2, 0) is 9.53 Å². The molecule has 24 heavy (non-hydrogen) atoms. The van der Waals surface area contributed by atoms with Crippen LogP contribution in [0.2, 0.25) is 0 Å². The smallest absolute Gasteiger partial charge is 0.337 e. The molecule has 0 unspecified atom stereocenters. The number of amides is 1. The second kappa shape index (κ2) is 8.40. The highest BCUT2D eigenvalue weighted by atomic mass is 32.2. The second-order valence-electron chi connectivity index (χ2n) is 5.12. The summed E-state index contributed by atoms with van der Waals surface area (Å²) in [7, 11) is 1.34. The van der Waals surface area contributed by atoms with Crippen LogP contribution in [0.25, 0.3) is 0 Å². The maximum Gasteiger partial charge on any atom is 0.337 e. The zero-order chi connectivity index (χ0) is 17.5. The van der Waals surface area contributed by atoms with Gasteiger partial charge in [0.15, 0.2) is 0 Å². The van der Waals surface area contributed by atoms with E-state index in [9.17, 15) is 9.59 Å². The molecule has 2 N–H and O–H groups in total. The van der Waals surface area contributed by atoms with Gasteiger partial charge in [0.2, 0.25) is 5.91 Å². The Hall–Kier alpha value is -2.47. The van der Waals surface area contributed by atoms with Crippen molar-refractivity contribution in [1.82, 2.24) is 0 Å². The molecule has 0 spiro atoms. The van der Waals surface area contributed by atoms with Crippen LogP contribution in [0.1, 0.15) is 17.3 Å². The van der Waals surface area contributed by atoms with E-state index in [1.807, 2.05) is 30.5 Å². The summed E-state index contributed by atoms with van der Waals surface area (Å²) in [6, 6.07) is 14.0. The van der Waals surface area contributed by atoms with Gasteiger partial charge in [-0.15, -0.1) is 11.8 Å². The second-order valence-corrected chi connectivity index (χ2v) is 5.97. The predicted molar refractivity (Wildman–Crippen MR) is 97.7 cm³/mol. The number of carbonyl (C=O) groups is 2. The Kier molecular flexibility index (Phi) is 6.26. The molecule has 0 heterocycles. The molecule has 0 aromatic heterocycles. The third-order valence-electron chi connectivity index (χ3n) is 3.45. The molecule has 0 saturated heterocycles. The van der Waals surface area contributed by atoms with Crippen molar-refractivity contribution >= 4 is 35.0 Å². The van der Waals surface area contributed by atoms with Crippen LogP contribution in [0.4, 0.5) is 11.4 Å². The minimum Gasteiger partial charge on any atom is -0.465 e. The zero-order valence-corrected chi connectivity index (χ0v) is 14.6. The van der Waals surface area contributed by atoms with Crippen LogP contribution < -0.4 is 10.6 Å². The molecule has 2 rings (SSSR count). The lowest BCUT2D eigenvalue weighted by molar-refractivity contribution is -0.116. The lowest BCUT2D eigenvalue weighted by atomic mass is 10.2. The molecule has 0 bridgehead atoms. The number of methoxy groups -OCH3 is 1. The van der Waals surface area contributed by atoms with Crippen LogP contribution in [0.5, 0.6) is 0 Å². The summed E-state index contributed by atoms with van der Waals surface area (Å²) in [5.74, 6) is -0.519. The van der Waals surface area contributed by atoms with Gasteiger partial charge in [0.1, 0.15) is 6.04 Å². The highest BCUT2D eigenvalue weighted by Gasteiger charge is 2.14. The van der Waals surface area contributed by atoms with E-state index < -0.39 is 6.04 Å². The first-order valence-corrected chi connectivity index (χ1v) is 8.66. The maximum atomic E-state index is 12.3. The average molecular weight is 344 g/mol. The van der Waals surface area contributed by atoms with Crippen molar-refractivity contribution in [3.05, 3.63) is 54.1 Å². The normalized spacial score (nSPS) is 11.5. The van der Waals surface area contributed by atoms with Crippen LogP contribution >= 0.6 is 11.8 Å². The number of anilines is 2. The Morgan fingerprint density at radius 3 is 2.38 bits per heavy atom. The molecule has 1 amide bonds. The molecule has 0 aliphatic carbocycles. The van der Waals surface area contributed by atoms with E-state index in [0.29, 0.717) is 5.56 Å². The number of carbonyl (C=O) groups excluding carboxylic acids is 2. The Balaban J connectivity index is 2.00. The number of nitrogens with one attached hydrogen (secondary N) is 2. The van der Waals surface area contributed by atoms with Gasteiger partial charge in [-0.05, 0) is 49.6 Å². The highest BCUT2D eigenvalue weighted by Crippen LogP contribution is 2.24. The number of ether oxygens (including phenoxy) is 1. The first-order chi connectivity index (χ1) is 11.5. The molecule has 126 valence electrons. The highest BCUT2D eigenvalue weighted by molar-refractivity contribution is 7.98. The van der Waals surface area contributed by atoms with E-state index in [1.54, 1.807) is 43.0 Å². The minimum absolute atomic E-state index is 0.131. The van der Waals surface area contributed by atoms with Gasteiger partial charge in [0, 0.05) is 10.6 Å². The standard InChI is InChI=1S/C18H20N2O3S/c1-12(17(21)20-15-6-4-5-7-16(15)24-3)19-14-10-8-13(9-11-14)18(22)23-2/h4-12,19H,1-3H3,(H,20,21)/t12-/m0/s1. The topological polar surface area (TPSA) is 67.4 Å². The van der Waals surface area contributed by atoms with Crippen molar-refractivity contribution in [3.8, 4) is 0 Å².